The first kappa shape index (κ1) is 9.99. The molecule has 0 spiro atoms. The van der Waals surface area contributed by atoms with Gasteiger partial charge in [0, 0.05) is 29.2 Å². The Morgan fingerprint density at radius 3 is 3.21 bits per heavy atom. The van der Waals surface area contributed by atoms with Gasteiger partial charge in [-0.15, -0.1) is 0 Å². The maximum atomic E-state index is 3.49. The fourth-order valence-electron chi connectivity index (χ4n) is 2.03. The van der Waals surface area contributed by atoms with Gasteiger partial charge in [-0.25, -0.2) is 0 Å². The third kappa shape index (κ3) is 1.93. The summed E-state index contributed by atoms with van der Waals surface area (Å²) in [7, 11) is 2.01. The summed E-state index contributed by atoms with van der Waals surface area (Å²) in [5.74, 6) is 0.657. The Balaban J connectivity index is 2.30. The first-order valence-electron chi connectivity index (χ1n) is 4.99. The van der Waals surface area contributed by atoms with E-state index in [1.807, 2.05) is 7.05 Å². The molecule has 1 aliphatic rings. The van der Waals surface area contributed by atoms with Crippen molar-refractivity contribution in [3.63, 3.8) is 0 Å². The summed E-state index contributed by atoms with van der Waals surface area (Å²) in [6.07, 6.45) is 1.22. The molecule has 1 atom stereocenters. The van der Waals surface area contributed by atoms with E-state index in [2.05, 4.69) is 44.8 Å². The molecule has 2 N–H and O–H groups in total. The summed E-state index contributed by atoms with van der Waals surface area (Å²) in [5, 5.41) is 6.69. The molecule has 1 aromatic rings. The smallest absolute Gasteiger partial charge is 0.0387 e. The number of hydrogen-bond acceptors (Lipinski definition) is 2. The molecule has 1 aromatic carbocycles. The van der Waals surface area contributed by atoms with Crippen molar-refractivity contribution >= 4 is 21.6 Å². The van der Waals surface area contributed by atoms with Crippen LogP contribution in [0.25, 0.3) is 0 Å². The lowest BCUT2D eigenvalue weighted by Gasteiger charge is -2.26. The Bertz CT molecular complexity index is 325. The second-order valence-electron chi connectivity index (χ2n) is 3.70. The fraction of sp³-hybridized carbons (Fsp3) is 0.455. The number of nitrogens with one attached hydrogen (secondary N) is 2. The molecule has 1 unspecified atom stereocenters. The van der Waals surface area contributed by atoms with Crippen LogP contribution in [0.2, 0.25) is 0 Å². The van der Waals surface area contributed by atoms with Gasteiger partial charge in [-0.2, -0.15) is 0 Å². The minimum Gasteiger partial charge on any atom is -0.385 e. The minimum absolute atomic E-state index is 0.657. The SMILES string of the molecule is CNCC1CCNc2cc(Br)ccc21. The highest BCUT2D eigenvalue weighted by molar-refractivity contribution is 9.10. The molecule has 76 valence electrons. The summed E-state index contributed by atoms with van der Waals surface area (Å²) in [6, 6.07) is 6.50. The number of hydrogen-bond donors (Lipinski definition) is 2. The van der Waals surface area contributed by atoms with Crippen LogP contribution < -0.4 is 10.6 Å². The number of halogens is 1. The van der Waals surface area contributed by atoms with Crippen LogP contribution in [0.1, 0.15) is 17.9 Å². The predicted molar refractivity (Wildman–Crippen MR) is 63.9 cm³/mol. The quantitative estimate of drug-likeness (QED) is 0.848. The number of fused-ring (bicyclic) bond motifs is 1. The number of anilines is 1. The third-order valence-electron chi connectivity index (χ3n) is 2.71. The maximum Gasteiger partial charge on any atom is 0.0387 e. The highest BCUT2D eigenvalue weighted by atomic mass is 79.9. The van der Waals surface area contributed by atoms with Gasteiger partial charge in [-0.3, -0.25) is 0 Å². The average Bonchev–Trinajstić information content (AvgIpc) is 2.18. The molecule has 0 saturated heterocycles. The molecule has 0 radical (unpaired) electrons. The average molecular weight is 255 g/mol. The van der Waals surface area contributed by atoms with Gasteiger partial charge in [-0.05, 0) is 31.2 Å². The van der Waals surface area contributed by atoms with E-state index >= 15 is 0 Å². The topological polar surface area (TPSA) is 24.1 Å². The van der Waals surface area contributed by atoms with Gasteiger partial charge in [-0.1, -0.05) is 22.0 Å². The van der Waals surface area contributed by atoms with Gasteiger partial charge in [0.15, 0.2) is 0 Å². The van der Waals surface area contributed by atoms with E-state index < -0.39 is 0 Å². The highest BCUT2D eigenvalue weighted by Crippen LogP contribution is 2.32. The van der Waals surface area contributed by atoms with E-state index in [1.54, 1.807) is 0 Å². The number of rotatable bonds is 2. The number of benzene rings is 1. The van der Waals surface area contributed by atoms with Crippen LogP contribution in [-0.2, 0) is 0 Å². The maximum absolute atomic E-state index is 3.49. The van der Waals surface area contributed by atoms with Crippen LogP contribution in [0, 0.1) is 0 Å². The first-order valence-corrected chi connectivity index (χ1v) is 5.78. The van der Waals surface area contributed by atoms with Crippen molar-refractivity contribution in [2.45, 2.75) is 12.3 Å². The van der Waals surface area contributed by atoms with Gasteiger partial charge in [0.1, 0.15) is 0 Å². The van der Waals surface area contributed by atoms with Gasteiger partial charge in [0.25, 0.3) is 0 Å². The van der Waals surface area contributed by atoms with Gasteiger partial charge < -0.3 is 10.6 Å². The van der Waals surface area contributed by atoms with E-state index in [9.17, 15) is 0 Å². The second kappa shape index (κ2) is 4.32. The van der Waals surface area contributed by atoms with Crippen LogP contribution in [0.15, 0.2) is 22.7 Å². The molecule has 1 aliphatic heterocycles. The van der Waals surface area contributed by atoms with Gasteiger partial charge in [0.05, 0.1) is 0 Å². The third-order valence-corrected chi connectivity index (χ3v) is 3.21. The van der Waals surface area contributed by atoms with Crippen molar-refractivity contribution in [1.82, 2.24) is 5.32 Å². The molecule has 0 fully saturated rings. The van der Waals surface area contributed by atoms with Crippen molar-refractivity contribution in [3.05, 3.63) is 28.2 Å². The van der Waals surface area contributed by atoms with E-state index in [-0.39, 0.29) is 0 Å². The van der Waals surface area contributed by atoms with Gasteiger partial charge >= 0.3 is 0 Å². The molecular formula is C11H15BrN2. The van der Waals surface area contributed by atoms with Crippen LogP contribution in [-0.4, -0.2) is 20.1 Å². The molecule has 0 saturated carbocycles. The van der Waals surface area contributed by atoms with Crippen molar-refractivity contribution in [2.24, 2.45) is 0 Å². The Kier molecular flexibility index (Phi) is 3.08. The zero-order valence-electron chi connectivity index (χ0n) is 8.31. The summed E-state index contributed by atoms with van der Waals surface area (Å²) in [6.45, 7) is 2.14. The molecule has 2 nitrogen and oxygen atoms in total. The van der Waals surface area contributed by atoms with E-state index in [1.165, 1.54) is 17.7 Å². The van der Waals surface area contributed by atoms with E-state index in [0.717, 1.165) is 17.6 Å². The molecule has 0 amide bonds. The lowest BCUT2D eigenvalue weighted by atomic mass is 9.91. The lowest BCUT2D eigenvalue weighted by molar-refractivity contribution is 0.586. The zero-order valence-corrected chi connectivity index (χ0v) is 9.89. The molecule has 0 bridgehead atoms. The summed E-state index contributed by atoms with van der Waals surface area (Å²) >= 11 is 3.49. The molecule has 2 rings (SSSR count). The first-order chi connectivity index (χ1) is 6.81. The standard InChI is InChI=1S/C11H15BrN2/c1-13-7-8-4-5-14-11-6-9(12)2-3-10(8)11/h2-3,6,8,13-14H,4-5,7H2,1H3. The second-order valence-corrected chi connectivity index (χ2v) is 4.62. The van der Waals surface area contributed by atoms with Crippen LogP contribution in [0.3, 0.4) is 0 Å². The van der Waals surface area contributed by atoms with E-state index in [4.69, 9.17) is 0 Å². The predicted octanol–water partition coefficient (Wildman–Crippen LogP) is 2.57. The van der Waals surface area contributed by atoms with Crippen molar-refractivity contribution in [2.75, 3.05) is 25.5 Å². The molecular weight excluding hydrogens is 240 g/mol. The Morgan fingerprint density at radius 2 is 2.43 bits per heavy atom. The van der Waals surface area contributed by atoms with Crippen molar-refractivity contribution in [1.29, 1.82) is 0 Å². The zero-order chi connectivity index (χ0) is 9.97. The van der Waals surface area contributed by atoms with Crippen LogP contribution >= 0.6 is 15.9 Å². The lowest BCUT2D eigenvalue weighted by Crippen LogP contribution is -2.24. The minimum atomic E-state index is 0.657. The van der Waals surface area contributed by atoms with Crippen LogP contribution in [0.4, 0.5) is 5.69 Å². The van der Waals surface area contributed by atoms with Crippen molar-refractivity contribution < 1.29 is 0 Å². The Morgan fingerprint density at radius 1 is 1.57 bits per heavy atom. The Labute approximate surface area is 93.2 Å². The molecule has 0 aliphatic carbocycles. The summed E-state index contributed by atoms with van der Waals surface area (Å²) in [4.78, 5) is 0. The van der Waals surface area contributed by atoms with Crippen molar-refractivity contribution in [3.8, 4) is 0 Å². The summed E-state index contributed by atoms with van der Waals surface area (Å²) in [5.41, 5.74) is 2.72. The summed E-state index contributed by atoms with van der Waals surface area (Å²) < 4.78 is 1.15. The van der Waals surface area contributed by atoms with E-state index in [0.29, 0.717) is 5.92 Å². The fourth-order valence-corrected chi connectivity index (χ4v) is 2.39. The van der Waals surface area contributed by atoms with Gasteiger partial charge in [0.2, 0.25) is 0 Å². The normalized spacial score (nSPS) is 20.0. The molecule has 0 aromatic heterocycles. The Hall–Kier alpha value is -0.540. The molecule has 3 heteroatoms. The monoisotopic (exact) mass is 254 g/mol. The number of likely N-dealkylation sites (N-methyl/N-ethyl adjacent to an activating group) is 1. The highest BCUT2D eigenvalue weighted by Gasteiger charge is 2.18. The largest absolute Gasteiger partial charge is 0.385 e. The van der Waals surface area contributed by atoms with Crippen LogP contribution in [0.5, 0.6) is 0 Å². The molecule has 1 heterocycles. The molecule has 14 heavy (non-hydrogen) atoms.